The molecule has 2 rings (SSSR count). The number of carbonyl (C=O) groups is 2. The standard InChI is InChI=1S/C19H22ClFN4O3/c1-3-14(25-10(2)8-16(22)26)12-5-6-13(20)18(17(12)21)28-11-4-7-15(19(23)27)24-9-11/h4-7,9-10,14,25H,3,8H2,1-2H3,(H2,22,26)(H2,23,27)/t10-,14?/m1/s1. The maximum Gasteiger partial charge on any atom is 0.267 e. The lowest BCUT2D eigenvalue weighted by Crippen LogP contribution is -2.34. The van der Waals surface area contributed by atoms with Crippen molar-refractivity contribution in [3.8, 4) is 11.5 Å². The molecule has 0 saturated carbocycles. The highest BCUT2D eigenvalue weighted by Gasteiger charge is 2.22. The first-order valence-corrected chi connectivity index (χ1v) is 9.06. The first-order valence-electron chi connectivity index (χ1n) is 8.68. The van der Waals surface area contributed by atoms with Gasteiger partial charge in [-0.15, -0.1) is 0 Å². The van der Waals surface area contributed by atoms with Crippen LogP contribution in [0.25, 0.3) is 0 Å². The van der Waals surface area contributed by atoms with Crippen molar-refractivity contribution in [3.63, 3.8) is 0 Å². The van der Waals surface area contributed by atoms with E-state index in [0.717, 1.165) is 0 Å². The van der Waals surface area contributed by atoms with Gasteiger partial charge < -0.3 is 21.5 Å². The fraction of sp³-hybridized carbons (Fsp3) is 0.316. The average Bonchev–Trinajstić information content (AvgIpc) is 2.63. The number of aromatic nitrogens is 1. The number of hydrogen-bond donors (Lipinski definition) is 3. The monoisotopic (exact) mass is 408 g/mol. The summed E-state index contributed by atoms with van der Waals surface area (Å²) in [6, 6.07) is 5.31. The quantitative estimate of drug-likeness (QED) is 0.588. The molecule has 5 N–H and O–H groups in total. The molecule has 0 aliphatic heterocycles. The van der Waals surface area contributed by atoms with Crippen LogP contribution in [0.4, 0.5) is 4.39 Å². The van der Waals surface area contributed by atoms with Gasteiger partial charge in [0.05, 0.1) is 11.2 Å². The Labute approximate surface area is 167 Å². The zero-order valence-corrected chi connectivity index (χ0v) is 16.3. The number of hydrogen-bond acceptors (Lipinski definition) is 5. The minimum atomic E-state index is -0.681. The summed E-state index contributed by atoms with van der Waals surface area (Å²) in [7, 11) is 0. The van der Waals surface area contributed by atoms with Crippen molar-refractivity contribution in [1.29, 1.82) is 0 Å². The molecule has 2 amide bonds. The SMILES string of the molecule is CCC(N[C@H](C)CC(N)=O)c1ccc(Cl)c(Oc2ccc(C(N)=O)nc2)c1F. The fourth-order valence-electron chi connectivity index (χ4n) is 2.75. The normalized spacial score (nSPS) is 13.0. The van der Waals surface area contributed by atoms with Gasteiger partial charge in [-0.2, -0.15) is 0 Å². The largest absolute Gasteiger partial charge is 0.451 e. The van der Waals surface area contributed by atoms with Crippen molar-refractivity contribution in [2.45, 2.75) is 38.8 Å². The lowest BCUT2D eigenvalue weighted by molar-refractivity contribution is -0.118. The summed E-state index contributed by atoms with van der Waals surface area (Å²) in [6.07, 6.45) is 1.95. The van der Waals surface area contributed by atoms with Crippen molar-refractivity contribution < 1.29 is 18.7 Å². The maximum absolute atomic E-state index is 15.1. The Bertz CT molecular complexity index is 861. The van der Waals surface area contributed by atoms with Gasteiger partial charge in [-0.1, -0.05) is 24.6 Å². The Morgan fingerprint density at radius 3 is 2.54 bits per heavy atom. The molecule has 1 heterocycles. The lowest BCUT2D eigenvalue weighted by atomic mass is 10.0. The van der Waals surface area contributed by atoms with Gasteiger partial charge in [0.25, 0.3) is 5.91 Å². The molecule has 0 aliphatic rings. The molecule has 0 aliphatic carbocycles. The number of nitrogens with two attached hydrogens (primary N) is 2. The Morgan fingerprint density at radius 1 is 1.29 bits per heavy atom. The van der Waals surface area contributed by atoms with Crippen LogP contribution < -0.4 is 21.5 Å². The van der Waals surface area contributed by atoms with E-state index in [1.54, 1.807) is 13.0 Å². The second-order valence-corrected chi connectivity index (χ2v) is 6.73. The molecular weight excluding hydrogens is 387 g/mol. The molecule has 0 fully saturated rings. The molecule has 0 bridgehead atoms. The Morgan fingerprint density at radius 2 is 2.00 bits per heavy atom. The highest BCUT2D eigenvalue weighted by Crippen LogP contribution is 2.36. The maximum atomic E-state index is 15.1. The molecule has 150 valence electrons. The summed E-state index contributed by atoms with van der Waals surface area (Å²) >= 11 is 6.11. The minimum absolute atomic E-state index is 0.0614. The van der Waals surface area contributed by atoms with Gasteiger partial charge in [-0.05, 0) is 31.5 Å². The van der Waals surface area contributed by atoms with E-state index in [9.17, 15) is 9.59 Å². The van der Waals surface area contributed by atoms with Gasteiger partial charge in [0.1, 0.15) is 11.4 Å². The predicted octanol–water partition coefficient (Wildman–Crippen LogP) is 3.07. The molecule has 0 spiro atoms. The average molecular weight is 409 g/mol. The van der Waals surface area contributed by atoms with Gasteiger partial charge in [0.2, 0.25) is 5.91 Å². The molecule has 2 aromatic rings. The molecule has 1 aromatic heterocycles. The second-order valence-electron chi connectivity index (χ2n) is 6.32. The van der Waals surface area contributed by atoms with Crippen molar-refractivity contribution >= 4 is 23.4 Å². The Hall–Kier alpha value is -2.71. The predicted molar refractivity (Wildman–Crippen MR) is 104 cm³/mol. The number of nitrogens with zero attached hydrogens (tertiary/aromatic N) is 1. The summed E-state index contributed by atoms with van der Waals surface area (Å²) < 4.78 is 20.7. The van der Waals surface area contributed by atoms with E-state index in [4.69, 9.17) is 27.8 Å². The fourth-order valence-corrected chi connectivity index (χ4v) is 2.93. The van der Waals surface area contributed by atoms with Crippen LogP contribution in [0.3, 0.4) is 0 Å². The zero-order chi connectivity index (χ0) is 20.8. The molecule has 2 atom stereocenters. The third-order valence-corrected chi connectivity index (χ3v) is 4.36. The third-order valence-electron chi connectivity index (χ3n) is 4.06. The first kappa shape index (κ1) is 21.6. The van der Waals surface area contributed by atoms with Crippen LogP contribution in [0, 0.1) is 5.82 Å². The third kappa shape index (κ3) is 5.40. The number of primary amides is 2. The van der Waals surface area contributed by atoms with Gasteiger partial charge in [-0.25, -0.2) is 9.37 Å². The summed E-state index contributed by atoms with van der Waals surface area (Å²) in [4.78, 5) is 26.0. The number of amides is 2. The van der Waals surface area contributed by atoms with Gasteiger partial charge in [0, 0.05) is 24.1 Å². The number of ether oxygens (including phenoxy) is 1. The second kappa shape index (κ2) is 9.48. The number of carbonyl (C=O) groups excluding carboxylic acids is 2. The summed E-state index contributed by atoms with van der Waals surface area (Å²) in [6.45, 7) is 3.68. The molecule has 28 heavy (non-hydrogen) atoms. The zero-order valence-electron chi connectivity index (χ0n) is 15.5. The number of nitrogens with one attached hydrogen (secondary N) is 1. The van der Waals surface area contributed by atoms with Crippen molar-refractivity contribution in [2.24, 2.45) is 11.5 Å². The van der Waals surface area contributed by atoms with Crippen LogP contribution in [0.15, 0.2) is 30.5 Å². The van der Waals surface area contributed by atoms with Crippen molar-refractivity contribution in [2.75, 3.05) is 0 Å². The van der Waals surface area contributed by atoms with E-state index in [-0.39, 0.29) is 40.7 Å². The molecule has 0 saturated heterocycles. The van der Waals surface area contributed by atoms with Crippen LogP contribution in [-0.4, -0.2) is 22.8 Å². The van der Waals surface area contributed by atoms with Crippen LogP contribution in [-0.2, 0) is 4.79 Å². The molecule has 9 heteroatoms. The van der Waals surface area contributed by atoms with Gasteiger partial charge in [-0.3, -0.25) is 9.59 Å². The van der Waals surface area contributed by atoms with Crippen LogP contribution in [0.2, 0.25) is 5.02 Å². The summed E-state index contributed by atoms with van der Waals surface area (Å²) in [5, 5.41) is 3.27. The number of pyridine rings is 1. The first-order chi connectivity index (χ1) is 13.2. The molecule has 1 aromatic carbocycles. The number of rotatable bonds is 9. The van der Waals surface area contributed by atoms with Crippen molar-refractivity contribution in [3.05, 3.63) is 52.6 Å². The number of benzene rings is 1. The highest BCUT2D eigenvalue weighted by atomic mass is 35.5. The Kier molecular flexibility index (Phi) is 7.31. The molecular formula is C19H22ClFN4O3. The molecule has 0 radical (unpaired) electrons. The highest BCUT2D eigenvalue weighted by molar-refractivity contribution is 6.32. The molecule has 1 unspecified atom stereocenters. The number of halogens is 2. The Balaban J connectivity index is 2.28. The van der Waals surface area contributed by atoms with E-state index in [2.05, 4.69) is 10.3 Å². The van der Waals surface area contributed by atoms with Crippen LogP contribution in [0.5, 0.6) is 11.5 Å². The van der Waals surface area contributed by atoms with Crippen molar-refractivity contribution in [1.82, 2.24) is 10.3 Å². The van der Waals surface area contributed by atoms with Crippen LogP contribution in [0.1, 0.15) is 48.8 Å². The summed E-state index contributed by atoms with van der Waals surface area (Å²) in [5.41, 5.74) is 10.8. The molecule has 7 nitrogen and oxygen atoms in total. The van der Waals surface area contributed by atoms with Gasteiger partial charge in [0.15, 0.2) is 11.6 Å². The topological polar surface area (TPSA) is 120 Å². The summed E-state index contributed by atoms with van der Waals surface area (Å²) in [5.74, 6) is -1.71. The smallest absolute Gasteiger partial charge is 0.267 e. The lowest BCUT2D eigenvalue weighted by Gasteiger charge is -2.23. The van der Waals surface area contributed by atoms with E-state index in [1.165, 1.54) is 24.4 Å². The van der Waals surface area contributed by atoms with E-state index >= 15 is 4.39 Å². The van der Waals surface area contributed by atoms with E-state index < -0.39 is 17.6 Å². The van der Waals surface area contributed by atoms with E-state index in [0.29, 0.717) is 12.0 Å². The van der Waals surface area contributed by atoms with Crippen LogP contribution >= 0.6 is 11.6 Å². The van der Waals surface area contributed by atoms with E-state index in [1.807, 2.05) is 6.92 Å². The van der Waals surface area contributed by atoms with Gasteiger partial charge >= 0.3 is 0 Å². The minimum Gasteiger partial charge on any atom is -0.451 e.